The van der Waals surface area contributed by atoms with Crippen LogP contribution in [0.15, 0.2) is 18.2 Å². The summed E-state index contributed by atoms with van der Waals surface area (Å²) in [5.41, 5.74) is -0.0999. The van der Waals surface area contributed by atoms with Crippen LogP contribution in [0.25, 0.3) is 0 Å². The summed E-state index contributed by atoms with van der Waals surface area (Å²) >= 11 is 0. The quantitative estimate of drug-likeness (QED) is 0.733. The summed E-state index contributed by atoms with van der Waals surface area (Å²) in [4.78, 5) is 24.0. The second-order valence-electron chi connectivity index (χ2n) is 3.81. The average Bonchev–Trinajstić information content (AvgIpc) is 2.43. The number of hydrogen-bond acceptors (Lipinski definition) is 3. The van der Waals surface area contributed by atoms with Gasteiger partial charge in [-0.15, -0.1) is 0 Å². The van der Waals surface area contributed by atoms with Crippen molar-refractivity contribution in [3.8, 4) is 5.75 Å². The second kappa shape index (κ2) is 3.59. The van der Waals surface area contributed by atoms with Gasteiger partial charge in [0, 0.05) is 18.4 Å². The van der Waals surface area contributed by atoms with Gasteiger partial charge in [0.15, 0.2) is 5.82 Å². The third-order valence-corrected chi connectivity index (χ3v) is 2.54. The minimum absolute atomic E-state index is 0.0964. The number of amides is 2. The van der Waals surface area contributed by atoms with Crippen molar-refractivity contribution in [2.24, 2.45) is 5.92 Å². The Morgan fingerprint density at radius 1 is 1.44 bits per heavy atom. The number of imide groups is 1. The van der Waals surface area contributed by atoms with Gasteiger partial charge in [0.05, 0.1) is 5.69 Å². The highest BCUT2D eigenvalue weighted by Gasteiger charge is 2.37. The lowest BCUT2D eigenvalue weighted by Crippen LogP contribution is -2.30. The lowest BCUT2D eigenvalue weighted by atomic mass is 10.1. The van der Waals surface area contributed by atoms with Crippen molar-refractivity contribution in [1.82, 2.24) is 0 Å². The fraction of sp³-hybridized carbons (Fsp3) is 0.273. The number of rotatable bonds is 1. The molecule has 0 saturated carbocycles. The van der Waals surface area contributed by atoms with Gasteiger partial charge in [-0.3, -0.25) is 9.59 Å². The molecule has 16 heavy (non-hydrogen) atoms. The Morgan fingerprint density at radius 2 is 2.12 bits per heavy atom. The maximum atomic E-state index is 13.5. The van der Waals surface area contributed by atoms with Crippen LogP contribution in [0.2, 0.25) is 0 Å². The Morgan fingerprint density at radius 3 is 2.62 bits per heavy atom. The van der Waals surface area contributed by atoms with Crippen LogP contribution in [-0.2, 0) is 9.59 Å². The van der Waals surface area contributed by atoms with Crippen LogP contribution in [0.3, 0.4) is 0 Å². The van der Waals surface area contributed by atoms with Crippen molar-refractivity contribution in [3.05, 3.63) is 24.0 Å². The van der Waals surface area contributed by atoms with Gasteiger partial charge in [0.25, 0.3) is 0 Å². The molecule has 1 atom stereocenters. The third kappa shape index (κ3) is 1.54. The van der Waals surface area contributed by atoms with Gasteiger partial charge >= 0.3 is 0 Å². The van der Waals surface area contributed by atoms with Crippen LogP contribution in [0.5, 0.6) is 5.75 Å². The summed E-state index contributed by atoms with van der Waals surface area (Å²) in [5.74, 6) is -2.26. The third-order valence-electron chi connectivity index (χ3n) is 2.54. The molecule has 1 aromatic carbocycles. The number of nitrogens with zero attached hydrogens (tertiary/aromatic N) is 1. The van der Waals surface area contributed by atoms with E-state index < -0.39 is 23.5 Å². The molecule has 0 spiro atoms. The van der Waals surface area contributed by atoms with Gasteiger partial charge in [-0.25, -0.2) is 9.29 Å². The van der Waals surface area contributed by atoms with Gasteiger partial charge in [-0.1, -0.05) is 6.92 Å². The van der Waals surface area contributed by atoms with E-state index in [1.165, 1.54) is 12.1 Å². The summed E-state index contributed by atoms with van der Waals surface area (Å²) in [7, 11) is 0. The molecular weight excluding hydrogens is 213 g/mol. The van der Waals surface area contributed by atoms with Crippen molar-refractivity contribution in [3.63, 3.8) is 0 Å². The van der Waals surface area contributed by atoms with Crippen molar-refractivity contribution < 1.29 is 19.1 Å². The molecule has 84 valence electrons. The molecule has 0 aliphatic carbocycles. The minimum atomic E-state index is -0.782. The Hall–Kier alpha value is -1.91. The lowest BCUT2D eigenvalue weighted by molar-refractivity contribution is -0.122. The summed E-state index contributed by atoms with van der Waals surface area (Å²) in [5, 5.41) is 9.04. The van der Waals surface area contributed by atoms with E-state index in [2.05, 4.69) is 0 Å². The first-order valence-electron chi connectivity index (χ1n) is 4.86. The summed E-state index contributed by atoms with van der Waals surface area (Å²) in [6.07, 6.45) is 0.0964. The predicted octanol–water partition coefficient (Wildman–Crippen LogP) is 1.43. The highest BCUT2D eigenvalue weighted by atomic mass is 19.1. The van der Waals surface area contributed by atoms with E-state index in [4.69, 9.17) is 5.11 Å². The molecule has 2 rings (SSSR count). The molecule has 1 aliphatic heterocycles. The fourth-order valence-electron chi connectivity index (χ4n) is 1.71. The molecule has 5 heteroatoms. The monoisotopic (exact) mass is 223 g/mol. The largest absolute Gasteiger partial charge is 0.508 e. The number of benzene rings is 1. The zero-order valence-corrected chi connectivity index (χ0v) is 8.61. The molecule has 1 saturated heterocycles. The Bertz CT molecular complexity index is 472. The molecule has 0 radical (unpaired) electrons. The van der Waals surface area contributed by atoms with E-state index >= 15 is 0 Å². The van der Waals surface area contributed by atoms with Gasteiger partial charge in [0.1, 0.15) is 5.75 Å². The molecule has 1 unspecified atom stereocenters. The van der Waals surface area contributed by atoms with Crippen LogP contribution >= 0.6 is 0 Å². The summed E-state index contributed by atoms with van der Waals surface area (Å²) < 4.78 is 13.5. The molecule has 1 heterocycles. The van der Waals surface area contributed by atoms with E-state index in [1.54, 1.807) is 6.92 Å². The Kier molecular flexibility index (Phi) is 2.38. The molecule has 2 amide bonds. The molecule has 0 aromatic heterocycles. The number of carbonyl (C=O) groups is 2. The van der Waals surface area contributed by atoms with E-state index in [-0.39, 0.29) is 17.9 Å². The Balaban J connectivity index is 2.45. The number of carbonyl (C=O) groups excluding carboxylic acids is 2. The number of hydrogen-bond donors (Lipinski definition) is 1. The molecule has 0 bridgehead atoms. The maximum Gasteiger partial charge on any atom is 0.237 e. The van der Waals surface area contributed by atoms with Crippen LogP contribution in [-0.4, -0.2) is 16.9 Å². The highest BCUT2D eigenvalue weighted by molar-refractivity contribution is 6.20. The standard InChI is InChI=1S/C11H10FNO3/c1-6-4-10(15)13(11(6)16)9-3-2-7(14)5-8(9)12/h2-3,5-6,14H,4H2,1H3. The van der Waals surface area contributed by atoms with Gasteiger partial charge < -0.3 is 5.11 Å². The molecular formula is C11H10FNO3. The average molecular weight is 223 g/mol. The number of halogens is 1. The van der Waals surface area contributed by atoms with Crippen LogP contribution < -0.4 is 4.90 Å². The topological polar surface area (TPSA) is 57.6 Å². The first kappa shape index (κ1) is 10.6. The maximum absolute atomic E-state index is 13.5. The predicted molar refractivity (Wildman–Crippen MR) is 54.3 cm³/mol. The van der Waals surface area contributed by atoms with Gasteiger partial charge in [-0.05, 0) is 12.1 Å². The molecule has 1 N–H and O–H groups in total. The van der Waals surface area contributed by atoms with Gasteiger partial charge in [0.2, 0.25) is 11.8 Å². The fourth-order valence-corrected chi connectivity index (χ4v) is 1.71. The van der Waals surface area contributed by atoms with Crippen LogP contribution in [0, 0.1) is 11.7 Å². The number of aromatic hydroxyl groups is 1. The van der Waals surface area contributed by atoms with Gasteiger partial charge in [-0.2, -0.15) is 0 Å². The Labute approximate surface area is 91.3 Å². The van der Waals surface area contributed by atoms with Crippen molar-refractivity contribution >= 4 is 17.5 Å². The zero-order valence-electron chi connectivity index (χ0n) is 8.61. The SMILES string of the molecule is CC1CC(=O)N(c2ccc(O)cc2F)C1=O. The van der Waals surface area contributed by atoms with Crippen molar-refractivity contribution in [1.29, 1.82) is 0 Å². The van der Waals surface area contributed by atoms with Crippen molar-refractivity contribution in [2.75, 3.05) is 4.90 Å². The summed E-state index contributed by atoms with van der Waals surface area (Å²) in [6, 6.07) is 3.33. The van der Waals surface area contributed by atoms with Crippen LogP contribution in [0.4, 0.5) is 10.1 Å². The molecule has 1 fully saturated rings. The zero-order chi connectivity index (χ0) is 11.9. The number of anilines is 1. The van der Waals surface area contributed by atoms with E-state index in [9.17, 15) is 14.0 Å². The molecule has 1 aromatic rings. The minimum Gasteiger partial charge on any atom is -0.508 e. The highest BCUT2D eigenvalue weighted by Crippen LogP contribution is 2.29. The lowest BCUT2D eigenvalue weighted by Gasteiger charge is -2.15. The van der Waals surface area contributed by atoms with E-state index in [0.717, 1.165) is 11.0 Å². The second-order valence-corrected chi connectivity index (χ2v) is 3.81. The first-order valence-corrected chi connectivity index (χ1v) is 4.86. The number of phenols is 1. The van der Waals surface area contributed by atoms with E-state index in [1.807, 2.05) is 0 Å². The van der Waals surface area contributed by atoms with Crippen LogP contribution in [0.1, 0.15) is 13.3 Å². The smallest absolute Gasteiger partial charge is 0.237 e. The molecule has 4 nitrogen and oxygen atoms in total. The normalized spacial score (nSPS) is 20.6. The first-order chi connectivity index (χ1) is 7.50. The summed E-state index contributed by atoms with van der Waals surface area (Å²) in [6.45, 7) is 1.62. The van der Waals surface area contributed by atoms with E-state index in [0.29, 0.717) is 0 Å². The van der Waals surface area contributed by atoms with Crippen molar-refractivity contribution in [2.45, 2.75) is 13.3 Å². The number of phenolic OH excluding ortho intramolecular Hbond substituents is 1. The molecule has 1 aliphatic rings.